The van der Waals surface area contributed by atoms with Gasteiger partial charge in [-0.05, 0) is 18.6 Å². The lowest BCUT2D eigenvalue weighted by Gasteiger charge is -2.56. The van der Waals surface area contributed by atoms with Crippen molar-refractivity contribution >= 4 is 17.4 Å². The van der Waals surface area contributed by atoms with E-state index in [9.17, 15) is 18.0 Å². The monoisotopic (exact) mass is 388 g/mol. The zero-order valence-electron chi connectivity index (χ0n) is 14.5. The van der Waals surface area contributed by atoms with E-state index >= 15 is 0 Å². The number of hydrogen-bond acceptors (Lipinski definition) is 5. The summed E-state index contributed by atoms with van der Waals surface area (Å²) in [6, 6.07) is 4.37. The highest BCUT2D eigenvalue weighted by Gasteiger charge is 2.48. The number of anilines is 1. The van der Waals surface area contributed by atoms with Gasteiger partial charge in [-0.25, -0.2) is 15.0 Å². The fourth-order valence-electron chi connectivity index (χ4n) is 4.06. The Kier molecular flexibility index (Phi) is 3.58. The molecule has 3 aliphatic rings. The number of piperazine rings is 1. The van der Waals surface area contributed by atoms with Crippen LogP contribution in [0.5, 0.6) is 0 Å². The highest BCUT2D eigenvalue weighted by molar-refractivity contribution is 6.00. The number of hydrogen-bond donors (Lipinski definition) is 0. The summed E-state index contributed by atoms with van der Waals surface area (Å²) in [6.45, 7) is 0.877. The smallest absolute Gasteiger partial charge is 0.352 e. The summed E-state index contributed by atoms with van der Waals surface area (Å²) >= 11 is 0. The molecule has 0 aliphatic carbocycles. The molecule has 1 amide bonds. The number of imidazole rings is 1. The number of fused-ring (bicyclic) bond motifs is 3. The molecule has 6 rings (SSSR count). The van der Waals surface area contributed by atoms with Gasteiger partial charge in [-0.15, -0.1) is 0 Å². The van der Waals surface area contributed by atoms with Crippen LogP contribution >= 0.6 is 0 Å². The van der Waals surface area contributed by atoms with Crippen molar-refractivity contribution in [2.75, 3.05) is 18.0 Å². The first-order chi connectivity index (χ1) is 13.4. The molecule has 3 saturated heterocycles. The van der Waals surface area contributed by atoms with Crippen molar-refractivity contribution in [1.82, 2.24) is 24.3 Å². The maximum absolute atomic E-state index is 13.1. The Labute approximate surface area is 157 Å². The minimum Gasteiger partial charge on any atom is -0.352 e. The van der Waals surface area contributed by atoms with E-state index in [1.54, 1.807) is 33.8 Å². The number of halogens is 3. The summed E-state index contributed by atoms with van der Waals surface area (Å²) in [4.78, 5) is 28.2. The average Bonchev–Trinajstić information content (AvgIpc) is 3.16. The van der Waals surface area contributed by atoms with Gasteiger partial charge in [0.15, 0.2) is 0 Å². The van der Waals surface area contributed by atoms with E-state index in [2.05, 4.69) is 15.0 Å². The fourth-order valence-corrected chi connectivity index (χ4v) is 4.06. The van der Waals surface area contributed by atoms with Crippen LogP contribution in [0.2, 0.25) is 0 Å². The molecule has 28 heavy (non-hydrogen) atoms. The predicted molar refractivity (Wildman–Crippen MR) is 92.8 cm³/mol. The molecule has 6 heterocycles. The van der Waals surface area contributed by atoms with Crippen molar-refractivity contribution in [1.29, 1.82) is 0 Å². The van der Waals surface area contributed by atoms with Gasteiger partial charge in [0.05, 0.1) is 17.6 Å². The van der Waals surface area contributed by atoms with Gasteiger partial charge in [0.25, 0.3) is 5.91 Å². The van der Waals surface area contributed by atoms with Crippen molar-refractivity contribution in [2.24, 2.45) is 0 Å². The first-order valence-corrected chi connectivity index (χ1v) is 8.80. The Morgan fingerprint density at radius 1 is 1.11 bits per heavy atom. The molecule has 3 fully saturated rings. The zero-order valence-corrected chi connectivity index (χ0v) is 14.5. The minimum atomic E-state index is -4.51. The van der Waals surface area contributed by atoms with Gasteiger partial charge < -0.3 is 14.2 Å². The summed E-state index contributed by atoms with van der Waals surface area (Å²) in [5, 5.41) is 0. The van der Waals surface area contributed by atoms with Crippen molar-refractivity contribution in [3.8, 4) is 0 Å². The molecular weight excluding hydrogens is 373 g/mol. The molecule has 10 heteroatoms. The van der Waals surface area contributed by atoms with E-state index in [1.165, 1.54) is 0 Å². The van der Waals surface area contributed by atoms with E-state index in [-0.39, 0.29) is 23.8 Å². The third-order valence-corrected chi connectivity index (χ3v) is 5.34. The van der Waals surface area contributed by atoms with Crippen LogP contribution in [0.25, 0.3) is 5.65 Å². The minimum absolute atomic E-state index is 0.0641. The molecule has 0 aromatic carbocycles. The number of rotatable bonds is 2. The predicted octanol–water partition coefficient (Wildman–Crippen LogP) is 2.25. The van der Waals surface area contributed by atoms with E-state index in [0.717, 1.165) is 18.8 Å². The Hall–Kier alpha value is -3.17. The molecule has 0 spiro atoms. The lowest BCUT2D eigenvalue weighted by molar-refractivity contribution is -0.141. The molecular formula is C18H15F3N6O. The largest absolute Gasteiger partial charge is 0.433 e. The van der Waals surface area contributed by atoms with Crippen molar-refractivity contribution in [2.45, 2.75) is 24.7 Å². The standard InChI is InChI=1S/C18H15F3N6O/c19-18(20,21)14-7-15(24-10-23-14)26-8-11-6-12(9-26)27(11)17(28)13-2-1-4-25-5-3-22-16(13)25/h1-5,7,10-12H,6,8-9H2. The molecule has 7 nitrogen and oxygen atoms in total. The number of aromatic nitrogens is 4. The van der Waals surface area contributed by atoms with Crippen LogP contribution in [0.3, 0.4) is 0 Å². The Balaban J connectivity index is 1.37. The third-order valence-electron chi connectivity index (χ3n) is 5.34. The maximum Gasteiger partial charge on any atom is 0.433 e. The van der Waals surface area contributed by atoms with Crippen molar-refractivity contribution in [3.63, 3.8) is 0 Å². The number of carbonyl (C=O) groups excluding carboxylic acids is 1. The van der Waals surface area contributed by atoms with Gasteiger partial charge in [-0.3, -0.25) is 4.79 Å². The lowest BCUT2D eigenvalue weighted by atomic mass is 9.86. The van der Waals surface area contributed by atoms with Gasteiger partial charge in [0, 0.05) is 37.7 Å². The van der Waals surface area contributed by atoms with E-state index in [4.69, 9.17) is 0 Å². The second kappa shape index (κ2) is 5.91. The molecule has 2 unspecified atom stereocenters. The SMILES string of the molecule is O=C(c1cccn2ccnc12)N1C2CC1CN(c1cc(C(F)(F)F)ncn1)C2. The molecule has 0 N–H and O–H groups in total. The maximum atomic E-state index is 13.1. The molecule has 144 valence electrons. The summed E-state index contributed by atoms with van der Waals surface area (Å²) in [6.07, 6.45) is 2.49. The molecule has 0 radical (unpaired) electrons. The van der Waals surface area contributed by atoms with Gasteiger partial charge >= 0.3 is 6.18 Å². The van der Waals surface area contributed by atoms with Crippen LogP contribution in [-0.2, 0) is 6.18 Å². The Bertz CT molecular complexity index is 1050. The van der Waals surface area contributed by atoms with Crippen LogP contribution < -0.4 is 4.90 Å². The quantitative estimate of drug-likeness (QED) is 0.674. The summed E-state index contributed by atoms with van der Waals surface area (Å²) < 4.78 is 40.5. The number of carbonyl (C=O) groups is 1. The van der Waals surface area contributed by atoms with E-state index < -0.39 is 11.9 Å². The molecule has 3 aliphatic heterocycles. The number of nitrogens with zero attached hydrogens (tertiary/aromatic N) is 6. The molecule has 3 aromatic heterocycles. The van der Waals surface area contributed by atoms with Crippen LogP contribution in [0.15, 0.2) is 43.1 Å². The van der Waals surface area contributed by atoms with Crippen LogP contribution in [0.1, 0.15) is 22.5 Å². The first kappa shape index (κ1) is 17.0. The van der Waals surface area contributed by atoms with E-state index in [0.29, 0.717) is 24.3 Å². The summed E-state index contributed by atoms with van der Waals surface area (Å²) in [7, 11) is 0. The average molecular weight is 388 g/mol. The fraction of sp³-hybridized carbons (Fsp3) is 0.333. The molecule has 2 atom stereocenters. The molecule has 0 saturated carbocycles. The molecule has 2 bridgehead atoms. The summed E-state index contributed by atoms with van der Waals surface area (Å²) in [5.41, 5.74) is 0.160. The number of amides is 1. The highest BCUT2D eigenvalue weighted by atomic mass is 19.4. The lowest BCUT2D eigenvalue weighted by Crippen LogP contribution is -2.70. The van der Waals surface area contributed by atoms with Gasteiger partial charge in [0.2, 0.25) is 0 Å². The second-order valence-corrected chi connectivity index (χ2v) is 7.00. The number of pyridine rings is 1. The van der Waals surface area contributed by atoms with Gasteiger partial charge in [0.1, 0.15) is 23.5 Å². The highest BCUT2D eigenvalue weighted by Crippen LogP contribution is 2.36. The first-order valence-electron chi connectivity index (χ1n) is 8.80. The van der Waals surface area contributed by atoms with Crippen LogP contribution in [0, 0.1) is 0 Å². The number of alkyl halides is 3. The Morgan fingerprint density at radius 3 is 2.64 bits per heavy atom. The van der Waals surface area contributed by atoms with E-state index in [1.807, 2.05) is 11.1 Å². The van der Waals surface area contributed by atoms with Crippen LogP contribution in [0.4, 0.5) is 19.0 Å². The normalized spacial score (nSPS) is 21.7. The van der Waals surface area contributed by atoms with Crippen molar-refractivity contribution < 1.29 is 18.0 Å². The van der Waals surface area contributed by atoms with Crippen molar-refractivity contribution in [3.05, 3.63) is 54.4 Å². The van der Waals surface area contributed by atoms with Crippen LogP contribution in [-0.4, -0.2) is 55.3 Å². The van der Waals surface area contributed by atoms with Gasteiger partial charge in [-0.2, -0.15) is 13.2 Å². The van der Waals surface area contributed by atoms with Gasteiger partial charge in [-0.1, -0.05) is 0 Å². The second-order valence-electron chi connectivity index (χ2n) is 7.00. The summed E-state index contributed by atoms with van der Waals surface area (Å²) in [5.74, 6) is 0.135. The topological polar surface area (TPSA) is 66.6 Å². The molecule has 3 aromatic rings. The zero-order chi connectivity index (χ0) is 19.5. The number of piperidine rings is 1. The Morgan fingerprint density at radius 2 is 1.89 bits per heavy atom. The third kappa shape index (κ3) is 2.59.